The Morgan fingerprint density at radius 2 is 2.36 bits per heavy atom. The summed E-state index contributed by atoms with van der Waals surface area (Å²) >= 11 is 0. The van der Waals surface area contributed by atoms with Crippen LogP contribution >= 0.6 is 0 Å². The molecule has 0 aromatic heterocycles. The van der Waals surface area contributed by atoms with Gasteiger partial charge in [-0.05, 0) is 12.8 Å². The van der Waals surface area contributed by atoms with Gasteiger partial charge in [0.05, 0.1) is 0 Å². The lowest BCUT2D eigenvalue weighted by molar-refractivity contribution is -0.123. The Balaban J connectivity index is 2.34. The lowest BCUT2D eigenvalue weighted by atomic mass is 9.97. The van der Waals surface area contributed by atoms with Gasteiger partial charge < -0.3 is 9.84 Å². The number of ether oxygens (including phenoxy) is 1. The second-order valence-corrected chi connectivity index (χ2v) is 2.64. The fourth-order valence-electron chi connectivity index (χ4n) is 1.23. The van der Waals surface area contributed by atoms with Crippen molar-refractivity contribution in [3.63, 3.8) is 0 Å². The van der Waals surface area contributed by atoms with Crippen LogP contribution in [0.3, 0.4) is 0 Å². The average molecular weight is 158 g/mol. The first-order chi connectivity index (χ1) is 5.18. The summed E-state index contributed by atoms with van der Waals surface area (Å²) in [5.74, 6) is 0.0995. The molecule has 0 bridgehead atoms. The molecule has 62 valence electrons. The van der Waals surface area contributed by atoms with Gasteiger partial charge in [-0.1, -0.05) is 0 Å². The lowest BCUT2D eigenvalue weighted by Gasteiger charge is -2.18. The van der Waals surface area contributed by atoms with Crippen molar-refractivity contribution in [1.82, 2.24) is 0 Å². The Morgan fingerprint density at radius 1 is 1.64 bits per heavy atom. The summed E-state index contributed by atoms with van der Waals surface area (Å²) in [7, 11) is 0. The van der Waals surface area contributed by atoms with Gasteiger partial charge in [-0.3, -0.25) is 4.79 Å². The van der Waals surface area contributed by atoms with Crippen LogP contribution in [0, 0.1) is 0 Å². The highest BCUT2D eigenvalue weighted by Crippen LogP contribution is 2.17. The first-order valence-electron chi connectivity index (χ1n) is 3.60. The minimum absolute atomic E-state index is 0.0995. The summed E-state index contributed by atoms with van der Waals surface area (Å²) in [6, 6.07) is 0. The Kier molecular flexibility index (Phi) is 2.46. The van der Waals surface area contributed by atoms with Crippen LogP contribution < -0.4 is 0 Å². The smallest absolute Gasteiger partial charge is 0.450 e. The van der Waals surface area contributed by atoms with Crippen LogP contribution in [0.5, 0.6) is 0 Å². The average Bonchev–Trinajstić information content (AvgIpc) is 1.85. The monoisotopic (exact) mass is 158 g/mol. The topological polar surface area (TPSA) is 63.6 Å². The minimum Gasteiger partial charge on any atom is -0.450 e. The molecule has 1 saturated carbocycles. The molecule has 0 radical (unpaired) electrons. The zero-order valence-electron chi connectivity index (χ0n) is 6.08. The second kappa shape index (κ2) is 3.37. The van der Waals surface area contributed by atoms with Gasteiger partial charge in [0.2, 0.25) is 0 Å². The highest BCUT2D eigenvalue weighted by atomic mass is 16.7. The molecule has 0 saturated heterocycles. The van der Waals surface area contributed by atoms with Crippen molar-refractivity contribution >= 4 is 11.9 Å². The summed E-state index contributed by atoms with van der Waals surface area (Å²) in [4.78, 5) is 20.8. The molecule has 1 atom stereocenters. The Hall–Kier alpha value is -1.06. The summed E-state index contributed by atoms with van der Waals surface area (Å²) in [6.07, 6.45) is 0.569. The maximum Gasteiger partial charge on any atom is 0.506 e. The van der Waals surface area contributed by atoms with Crippen LogP contribution in [0.1, 0.15) is 25.7 Å². The normalized spacial score (nSPS) is 24.7. The molecule has 4 heteroatoms. The van der Waals surface area contributed by atoms with Crippen LogP contribution in [0.4, 0.5) is 4.79 Å². The number of carboxylic acid groups (broad SMARTS) is 1. The fourth-order valence-corrected chi connectivity index (χ4v) is 1.23. The van der Waals surface area contributed by atoms with Crippen LogP contribution in [0.2, 0.25) is 0 Å². The van der Waals surface area contributed by atoms with Crippen LogP contribution in [0.25, 0.3) is 0 Å². The predicted molar refractivity (Wildman–Crippen MR) is 36.4 cm³/mol. The van der Waals surface area contributed by atoms with Crippen molar-refractivity contribution in [1.29, 1.82) is 0 Å². The number of hydrogen-bond donors (Lipinski definition) is 1. The van der Waals surface area contributed by atoms with Gasteiger partial charge in [-0.2, -0.15) is 0 Å². The molecule has 1 rings (SSSR count). The first kappa shape index (κ1) is 8.04. The van der Waals surface area contributed by atoms with Gasteiger partial charge in [0, 0.05) is 12.8 Å². The largest absolute Gasteiger partial charge is 0.506 e. The number of Topliss-reactive ketones (excluding diaryl/α,β-unsaturated/α-hetero) is 1. The zero-order valence-corrected chi connectivity index (χ0v) is 6.08. The molecule has 0 spiro atoms. The van der Waals surface area contributed by atoms with E-state index in [-0.39, 0.29) is 12.2 Å². The van der Waals surface area contributed by atoms with Crippen molar-refractivity contribution < 1.29 is 19.4 Å². The maximum atomic E-state index is 10.8. The molecule has 1 aliphatic carbocycles. The maximum absolute atomic E-state index is 10.8. The Labute approximate surface area is 64.2 Å². The van der Waals surface area contributed by atoms with E-state index in [0.29, 0.717) is 12.8 Å². The Morgan fingerprint density at radius 3 is 2.91 bits per heavy atom. The summed E-state index contributed by atoms with van der Waals surface area (Å²) in [5.41, 5.74) is 0. The molecule has 0 aliphatic heterocycles. The number of hydrogen-bond acceptors (Lipinski definition) is 3. The highest BCUT2D eigenvalue weighted by Gasteiger charge is 2.22. The van der Waals surface area contributed by atoms with Crippen molar-refractivity contribution in [2.24, 2.45) is 0 Å². The van der Waals surface area contributed by atoms with E-state index in [4.69, 9.17) is 5.11 Å². The van der Waals surface area contributed by atoms with E-state index >= 15 is 0 Å². The molecule has 1 N–H and O–H groups in total. The van der Waals surface area contributed by atoms with Gasteiger partial charge in [-0.25, -0.2) is 4.79 Å². The van der Waals surface area contributed by atoms with E-state index in [0.717, 1.165) is 6.42 Å². The van der Waals surface area contributed by atoms with E-state index in [1.807, 2.05) is 0 Å². The molecule has 1 fully saturated rings. The van der Waals surface area contributed by atoms with E-state index < -0.39 is 12.3 Å². The predicted octanol–water partition coefficient (Wildman–Crippen LogP) is 1.19. The van der Waals surface area contributed by atoms with Gasteiger partial charge in [0.15, 0.2) is 0 Å². The molecule has 0 heterocycles. The molecule has 0 aromatic carbocycles. The van der Waals surface area contributed by atoms with E-state index in [1.54, 1.807) is 0 Å². The van der Waals surface area contributed by atoms with E-state index in [2.05, 4.69) is 4.74 Å². The molecule has 0 amide bonds. The fraction of sp³-hybridized carbons (Fsp3) is 0.714. The first-order valence-corrected chi connectivity index (χ1v) is 3.60. The molecule has 1 unspecified atom stereocenters. The van der Waals surface area contributed by atoms with Gasteiger partial charge in [-0.15, -0.1) is 0 Å². The summed E-state index contributed by atoms with van der Waals surface area (Å²) in [5, 5.41) is 8.22. The zero-order chi connectivity index (χ0) is 8.27. The van der Waals surface area contributed by atoms with Crippen LogP contribution in [-0.4, -0.2) is 23.1 Å². The van der Waals surface area contributed by atoms with Crippen molar-refractivity contribution in [3.8, 4) is 0 Å². The molecular formula is C7H10O4. The SMILES string of the molecule is O=C1CCCC(OC(=O)O)C1. The second-order valence-electron chi connectivity index (χ2n) is 2.64. The number of carbonyl (C=O) groups is 2. The third-order valence-electron chi connectivity index (χ3n) is 1.70. The summed E-state index contributed by atoms with van der Waals surface area (Å²) < 4.78 is 4.46. The molecule has 0 aromatic rings. The van der Waals surface area contributed by atoms with Crippen molar-refractivity contribution in [3.05, 3.63) is 0 Å². The van der Waals surface area contributed by atoms with Gasteiger partial charge in [0.25, 0.3) is 0 Å². The number of ketones is 1. The minimum atomic E-state index is -1.29. The summed E-state index contributed by atoms with van der Waals surface area (Å²) in [6.45, 7) is 0. The Bertz CT molecular complexity index is 173. The highest BCUT2D eigenvalue weighted by molar-refractivity contribution is 5.79. The molecule has 11 heavy (non-hydrogen) atoms. The standard InChI is InChI=1S/C7H10O4/c8-5-2-1-3-6(4-5)11-7(9)10/h6H,1-4H2,(H,9,10). The quantitative estimate of drug-likeness (QED) is 0.582. The van der Waals surface area contributed by atoms with E-state index in [1.165, 1.54) is 0 Å². The lowest BCUT2D eigenvalue weighted by Crippen LogP contribution is -2.24. The number of rotatable bonds is 1. The van der Waals surface area contributed by atoms with Crippen molar-refractivity contribution in [2.75, 3.05) is 0 Å². The number of carbonyl (C=O) groups excluding carboxylic acids is 1. The third-order valence-corrected chi connectivity index (χ3v) is 1.70. The molecule has 4 nitrogen and oxygen atoms in total. The van der Waals surface area contributed by atoms with Crippen LogP contribution in [0.15, 0.2) is 0 Å². The molecule has 1 aliphatic rings. The third kappa shape index (κ3) is 2.57. The van der Waals surface area contributed by atoms with E-state index in [9.17, 15) is 9.59 Å². The van der Waals surface area contributed by atoms with Crippen molar-refractivity contribution in [2.45, 2.75) is 31.8 Å². The molecular weight excluding hydrogens is 148 g/mol. The van der Waals surface area contributed by atoms with Gasteiger partial charge in [0.1, 0.15) is 11.9 Å². The van der Waals surface area contributed by atoms with Gasteiger partial charge >= 0.3 is 6.16 Å². The van der Waals surface area contributed by atoms with Crippen LogP contribution in [-0.2, 0) is 9.53 Å².